The zero-order chi connectivity index (χ0) is 20.4. The molecule has 2 aromatic carbocycles. The van der Waals surface area contributed by atoms with Crippen LogP contribution in [0.2, 0.25) is 0 Å². The number of hydrogen-bond acceptors (Lipinski definition) is 2. The van der Waals surface area contributed by atoms with Crippen LogP contribution >= 0.6 is 0 Å². The molecular formula is C20H23F3N4O. The minimum Gasteiger partial charge on any atom is -0.354 e. The molecule has 2 aromatic rings. The van der Waals surface area contributed by atoms with Gasteiger partial charge in [0.05, 0.1) is 12.1 Å². The summed E-state index contributed by atoms with van der Waals surface area (Å²) in [6.07, 6.45) is -3.61. The van der Waals surface area contributed by atoms with Crippen LogP contribution in [0.4, 0.5) is 13.2 Å². The van der Waals surface area contributed by atoms with Crippen molar-refractivity contribution in [3.05, 3.63) is 71.3 Å². The van der Waals surface area contributed by atoms with Crippen LogP contribution in [0.15, 0.2) is 59.6 Å². The summed E-state index contributed by atoms with van der Waals surface area (Å²) in [7, 11) is 1.55. The number of guanidine groups is 1. The largest absolute Gasteiger partial charge is 0.416 e. The number of amides is 1. The van der Waals surface area contributed by atoms with Crippen molar-refractivity contribution in [3.63, 3.8) is 0 Å². The number of nitrogens with zero attached hydrogens (tertiary/aromatic N) is 1. The number of carbonyl (C=O) groups is 1. The number of alkyl halides is 3. The zero-order valence-electron chi connectivity index (χ0n) is 15.5. The number of benzene rings is 2. The topological polar surface area (TPSA) is 65.5 Å². The Morgan fingerprint density at radius 2 is 1.61 bits per heavy atom. The summed E-state index contributed by atoms with van der Waals surface area (Å²) in [5.74, 6) is 0.214. The van der Waals surface area contributed by atoms with Gasteiger partial charge in [0.1, 0.15) is 0 Å². The van der Waals surface area contributed by atoms with Crippen LogP contribution in [0.25, 0.3) is 0 Å². The van der Waals surface area contributed by atoms with E-state index in [1.165, 1.54) is 12.1 Å². The molecule has 0 aliphatic rings. The maximum atomic E-state index is 12.6. The monoisotopic (exact) mass is 392 g/mol. The van der Waals surface area contributed by atoms with Crippen molar-refractivity contribution in [1.82, 2.24) is 16.0 Å². The molecule has 2 rings (SSSR count). The molecule has 0 atom stereocenters. The van der Waals surface area contributed by atoms with Gasteiger partial charge in [-0.2, -0.15) is 13.2 Å². The summed E-state index contributed by atoms with van der Waals surface area (Å²) in [4.78, 5) is 15.9. The van der Waals surface area contributed by atoms with Gasteiger partial charge >= 0.3 is 6.18 Å². The van der Waals surface area contributed by atoms with Crippen molar-refractivity contribution in [2.75, 3.05) is 20.1 Å². The quantitative estimate of drug-likeness (QED) is 0.502. The van der Waals surface area contributed by atoms with Gasteiger partial charge in [0, 0.05) is 20.1 Å². The first-order chi connectivity index (χ1) is 13.4. The van der Waals surface area contributed by atoms with Crippen LogP contribution in [-0.4, -0.2) is 32.0 Å². The van der Waals surface area contributed by atoms with E-state index in [-0.39, 0.29) is 19.0 Å². The Morgan fingerprint density at radius 3 is 2.21 bits per heavy atom. The van der Waals surface area contributed by atoms with E-state index in [1.54, 1.807) is 7.05 Å². The molecule has 0 bridgehead atoms. The lowest BCUT2D eigenvalue weighted by Gasteiger charge is -2.13. The zero-order valence-corrected chi connectivity index (χ0v) is 15.5. The van der Waals surface area contributed by atoms with Crippen LogP contribution in [0.5, 0.6) is 0 Å². The van der Waals surface area contributed by atoms with Crippen molar-refractivity contribution in [1.29, 1.82) is 0 Å². The molecule has 0 radical (unpaired) electrons. The van der Waals surface area contributed by atoms with E-state index >= 15 is 0 Å². The molecule has 0 saturated carbocycles. The number of halogens is 3. The molecule has 0 aliphatic heterocycles. The van der Waals surface area contributed by atoms with Crippen molar-refractivity contribution in [2.45, 2.75) is 19.1 Å². The van der Waals surface area contributed by atoms with Crippen LogP contribution < -0.4 is 16.0 Å². The third kappa shape index (κ3) is 7.30. The molecule has 0 heterocycles. The average molecular weight is 392 g/mol. The van der Waals surface area contributed by atoms with Crippen molar-refractivity contribution in [2.24, 2.45) is 4.99 Å². The number of hydrogen-bond donors (Lipinski definition) is 3. The number of aliphatic imine (C=N–C) groups is 1. The molecule has 1 amide bonds. The summed E-state index contributed by atoms with van der Waals surface area (Å²) in [5.41, 5.74) is 1.12. The number of carbonyl (C=O) groups excluding carboxylic acids is 1. The third-order valence-corrected chi connectivity index (χ3v) is 3.96. The standard InChI is InChI=1S/C20H23F3N4O/c1-24-19(26-13-16-7-9-17(10-8-16)20(21,22)23)27-14-18(28)25-12-11-15-5-3-2-4-6-15/h2-10H,11-14H2,1H3,(H,25,28)(H2,24,26,27). The van der Waals surface area contributed by atoms with Crippen molar-refractivity contribution in [3.8, 4) is 0 Å². The molecular weight excluding hydrogens is 369 g/mol. The fourth-order valence-corrected chi connectivity index (χ4v) is 2.44. The maximum absolute atomic E-state index is 12.6. The van der Waals surface area contributed by atoms with Crippen LogP contribution in [0.1, 0.15) is 16.7 Å². The van der Waals surface area contributed by atoms with Crippen LogP contribution in [-0.2, 0) is 23.9 Å². The van der Waals surface area contributed by atoms with E-state index in [0.29, 0.717) is 18.1 Å². The van der Waals surface area contributed by atoms with Gasteiger partial charge in [0.15, 0.2) is 5.96 Å². The second-order valence-electron chi connectivity index (χ2n) is 6.06. The Bertz CT molecular complexity index is 774. The van der Waals surface area contributed by atoms with Crippen molar-refractivity contribution < 1.29 is 18.0 Å². The van der Waals surface area contributed by atoms with E-state index < -0.39 is 11.7 Å². The molecule has 8 heteroatoms. The molecule has 0 aliphatic carbocycles. The lowest BCUT2D eigenvalue weighted by Crippen LogP contribution is -2.43. The van der Waals surface area contributed by atoms with Gasteiger partial charge < -0.3 is 16.0 Å². The highest BCUT2D eigenvalue weighted by Gasteiger charge is 2.29. The molecule has 150 valence electrons. The molecule has 5 nitrogen and oxygen atoms in total. The Labute approximate surface area is 162 Å². The highest BCUT2D eigenvalue weighted by Crippen LogP contribution is 2.28. The summed E-state index contributed by atoms with van der Waals surface area (Å²) in [6.45, 7) is 0.858. The Morgan fingerprint density at radius 1 is 0.929 bits per heavy atom. The molecule has 28 heavy (non-hydrogen) atoms. The maximum Gasteiger partial charge on any atom is 0.416 e. The molecule has 0 saturated heterocycles. The summed E-state index contributed by atoms with van der Waals surface area (Å²) >= 11 is 0. The predicted octanol–water partition coefficient (Wildman–Crippen LogP) is 2.73. The normalized spacial score (nSPS) is 11.8. The van der Waals surface area contributed by atoms with E-state index in [1.807, 2.05) is 30.3 Å². The first kappa shape index (κ1) is 21.3. The minimum absolute atomic E-state index is 0.0431. The van der Waals surface area contributed by atoms with E-state index in [2.05, 4.69) is 20.9 Å². The summed E-state index contributed by atoms with van der Waals surface area (Å²) in [6, 6.07) is 14.7. The van der Waals surface area contributed by atoms with Gasteiger partial charge in [-0.1, -0.05) is 42.5 Å². The van der Waals surface area contributed by atoms with Gasteiger partial charge in [-0.25, -0.2) is 0 Å². The summed E-state index contributed by atoms with van der Waals surface area (Å²) < 4.78 is 37.7. The van der Waals surface area contributed by atoms with Gasteiger partial charge in [0.2, 0.25) is 5.91 Å². The van der Waals surface area contributed by atoms with E-state index in [4.69, 9.17) is 0 Å². The van der Waals surface area contributed by atoms with Gasteiger partial charge in [-0.15, -0.1) is 0 Å². The number of nitrogens with one attached hydrogen (secondary N) is 3. The third-order valence-electron chi connectivity index (χ3n) is 3.96. The molecule has 0 unspecified atom stereocenters. The summed E-state index contributed by atoms with van der Waals surface area (Å²) in [5, 5.41) is 8.64. The first-order valence-corrected chi connectivity index (χ1v) is 8.80. The highest BCUT2D eigenvalue weighted by molar-refractivity contribution is 5.86. The smallest absolute Gasteiger partial charge is 0.354 e. The van der Waals surface area contributed by atoms with Gasteiger partial charge in [-0.05, 0) is 29.7 Å². The predicted molar refractivity (Wildman–Crippen MR) is 103 cm³/mol. The SMILES string of the molecule is CN=C(NCC(=O)NCCc1ccccc1)NCc1ccc(C(F)(F)F)cc1. The van der Waals surface area contributed by atoms with Gasteiger partial charge in [0.25, 0.3) is 0 Å². The molecule has 0 aromatic heterocycles. The van der Waals surface area contributed by atoms with E-state index in [9.17, 15) is 18.0 Å². The lowest BCUT2D eigenvalue weighted by molar-refractivity contribution is -0.137. The fraction of sp³-hybridized carbons (Fsp3) is 0.300. The second-order valence-corrected chi connectivity index (χ2v) is 6.06. The lowest BCUT2D eigenvalue weighted by atomic mass is 10.1. The van der Waals surface area contributed by atoms with Gasteiger partial charge in [-0.3, -0.25) is 9.79 Å². The molecule has 0 spiro atoms. The Kier molecular flexibility index (Phi) is 7.86. The molecule has 0 fully saturated rings. The second kappa shape index (κ2) is 10.3. The minimum atomic E-state index is -4.35. The Hall–Kier alpha value is -3.03. The van der Waals surface area contributed by atoms with Crippen LogP contribution in [0.3, 0.4) is 0 Å². The first-order valence-electron chi connectivity index (χ1n) is 8.80. The highest BCUT2D eigenvalue weighted by atomic mass is 19.4. The van der Waals surface area contributed by atoms with Crippen LogP contribution in [0, 0.1) is 0 Å². The molecule has 3 N–H and O–H groups in total. The van der Waals surface area contributed by atoms with E-state index in [0.717, 1.165) is 24.1 Å². The average Bonchev–Trinajstić information content (AvgIpc) is 2.68. The Balaban J connectivity index is 1.70. The number of rotatable bonds is 7. The fourth-order valence-electron chi connectivity index (χ4n) is 2.44. The van der Waals surface area contributed by atoms with Crippen molar-refractivity contribution >= 4 is 11.9 Å².